The number of nitrogens with zero attached hydrogens (tertiary/aromatic N) is 4. The minimum atomic E-state index is -4.66. The minimum absolute atomic E-state index is 0.166. The first-order valence-electron chi connectivity index (χ1n) is 10.2. The Morgan fingerprint density at radius 2 is 1.87 bits per heavy atom. The van der Waals surface area contributed by atoms with E-state index in [2.05, 4.69) is 22.0 Å². The maximum absolute atomic E-state index is 13.9. The second kappa shape index (κ2) is 8.22. The number of likely N-dealkylation sites (tertiary alicyclic amines) is 1. The van der Waals surface area contributed by atoms with Crippen LogP contribution in [0.15, 0.2) is 24.3 Å². The number of benzene rings is 1. The van der Waals surface area contributed by atoms with Gasteiger partial charge in [-0.3, -0.25) is 0 Å². The van der Waals surface area contributed by atoms with E-state index in [0.29, 0.717) is 24.3 Å². The number of alkyl halides is 5. The van der Waals surface area contributed by atoms with Crippen LogP contribution >= 0.6 is 0 Å². The van der Waals surface area contributed by atoms with Crippen LogP contribution in [-0.4, -0.2) is 52.4 Å². The van der Waals surface area contributed by atoms with Gasteiger partial charge in [-0.15, -0.1) is 10.2 Å². The number of aromatic nitrogens is 2. The van der Waals surface area contributed by atoms with Crippen LogP contribution in [0, 0.1) is 5.92 Å². The fourth-order valence-electron chi connectivity index (χ4n) is 4.60. The highest BCUT2D eigenvalue weighted by atomic mass is 19.4. The molecule has 2 aromatic rings. The first-order valence-corrected chi connectivity index (χ1v) is 10.2. The Labute approximate surface area is 176 Å². The lowest BCUT2D eigenvalue weighted by molar-refractivity contribution is -0.137. The molecule has 31 heavy (non-hydrogen) atoms. The highest BCUT2D eigenvalue weighted by Crippen LogP contribution is 2.40. The molecule has 1 aromatic carbocycles. The molecule has 2 atom stereocenters. The van der Waals surface area contributed by atoms with Crippen LogP contribution < -0.4 is 4.90 Å². The van der Waals surface area contributed by atoms with Crippen molar-refractivity contribution < 1.29 is 27.1 Å². The molecule has 1 aromatic heterocycles. The van der Waals surface area contributed by atoms with E-state index in [0.717, 1.165) is 44.6 Å². The first kappa shape index (κ1) is 21.7. The lowest BCUT2D eigenvalue weighted by Gasteiger charge is -2.38. The lowest BCUT2D eigenvalue weighted by atomic mass is 9.92. The van der Waals surface area contributed by atoms with E-state index < -0.39 is 29.5 Å². The second-order valence-electron chi connectivity index (χ2n) is 8.03. The van der Waals surface area contributed by atoms with Gasteiger partial charge >= 0.3 is 6.18 Å². The largest absolute Gasteiger partial charge is 0.507 e. The molecule has 0 unspecified atom stereocenters. The standard InChI is InChI=1S/C21H23F5N4O/c1-2-29-7-5-12-6-8-30(16(12)11-29)18-10-15(20(22)23)19(28-27-18)14-4-3-13(9-17(14)31)21(24,25)26/h3-4,9-10,12,16,20,31H,2,5-8,11H2,1H3/t12-,16-/m0/s1. The van der Waals surface area contributed by atoms with Crippen LogP contribution in [0.4, 0.5) is 27.8 Å². The van der Waals surface area contributed by atoms with Gasteiger partial charge in [-0.1, -0.05) is 6.92 Å². The number of piperidine rings is 1. The second-order valence-corrected chi connectivity index (χ2v) is 8.03. The van der Waals surface area contributed by atoms with Crippen LogP contribution in [0.5, 0.6) is 5.75 Å². The van der Waals surface area contributed by atoms with Crippen molar-refractivity contribution in [1.82, 2.24) is 15.1 Å². The minimum Gasteiger partial charge on any atom is -0.507 e. The molecule has 0 saturated carbocycles. The maximum atomic E-state index is 13.9. The molecule has 5 nitrogen and oxygen atoms in total. The van der Waals surface area contributed by atoms with Crippen LogP contribution in [0.25, 0.3) is 11.3 Å². The third-order valence-electron chi connectivity index (χ3n) is 6.31. The zero-order chi connectivity index (χ0) is 22.3. The van der Waals surface area contributed by atoms with E-state index in [1.165, 1.54) is 6.07 Å². The van der Waals surface area contributed by atoms with Gasteiger partial charge in [-0.05, 0) is 56.1 Å². The summed E-state index contributed by atoms with van der Waals surface area (Å²) in [6, 6.07) is 3.59. The van der Waals surface area contributed by atoms with Gasteiger partial charge in [0.1, 0.15) is 11.4 Å². The average Bonchev–Trinajstić information content (AvgIpc) is 3.15. The van der Waals surface area contributed by atoms with Gasteiger partial charge in [0.15, 0.2) is 5.82 Å². The number of fused-ring (bicyclic) bond motifs is 1. The van der Waals surface area contributed by atoms with Gasteiger partial charge < -0.3 is 14.9 Å². The quantitative estimate of drug-likeness (QED) is 0.695. The predicted molar refractivity (Wildman–Crippen MR) is 105 cm³/mol. The molecule has 10 heteroatoms. The van der Waals surface area contributed by atoms with Crippen molar-refractivity contribution in [2.75, 3.05) is 31.1 Å². The zero-order valence-electron chi connectivity index (χ0n) is 16.9. The van der Waals surface area contributed by atoms with Crippen molar-refractivity contribution in [3.05, 3.63) is 35.4 Å². The summed E-state index contributed by atoms with van der Waals surface area (Å²) < 4.78 is 66.3. The number of aromatic hydroxyl groups is 1. The summed E-state index contributed by atoms with van der Waals surface area (Å²) in [6.07, 6.45) is -5.59. The van der Waals surface area contributed by atoms with Gasteiger partial charge in [0, 0.05) is 30.3 Å². The Morgan fingerprint density at radius 1 is 1.13 bits per heavy atom. The van der Waals surface area contributed by atoms with Crippen LogP contribution in [-0.2, 0) is 6.18 Å². The molecule has 4 rings (SSSR count). The molecule has 0 amide bonds. The molecule has 0 spiro atoms. The van der Waals surface area contributed by atoms with E-state index >= 15 is 0 Å². The van der Waals surface area contributed by atoms with Crippen molar-refractivity contribution in [1.29, 1.82) is 0 Å². The Hall–Kier alpha value is -2.49. The summed E-state index contributed by atoms with van der Waals surface area (Å²) in [7, 11) is 0. The molecular formula is C21H23F5N4O. The Morgan fingerprint density at radius 3 is 2.52 bits per heavy atom. The molecule has 2 fully saturated rings. The number of phenolic OH excluding ortho intramolecular Hbond substituents is 1. The Kier molecular flexibility index (Phi) is 5.76. The lowest BCUT2D eigenvalue weighted by Crippen LogP contribution is -2.48. The molecule has 2 saturated heterocycles. The Bertz CT molecular complexity index is 952. The highest BCUT2D eigenvalue weighted by Gasteiger charge is 2.39. The fourth-order valence-corrected chi connectivity index (χ4v) is 4.60. The summed E-state index contributed by atoms with van der Waals surface area (Å²) in [5.41, 5.74) is -2.07. The van der Waals surface area contributed by atoms with E-state index in [4.69, 9.17) is 0 Å². The van der Waals surface area contributed by atoms with Crippen molar-refractivity contribution in [3.63, 3.8) is 0 Å². The predicted octanol–water partition coefficient (Wildman–Crippen LogP) is 4.73. The summed E-state index contributed by atoms with van der Waals surface area (Å²) in [6.45, 7) is 5.53. The third kappa shape index (κ3) is 4.17. The molecule has 0 aliphatic carbocycles. The summed E-state index contributed by atoms with van der Waals surface area (Å²) in [5, 5.41) is 18.1. The topological polar surface area (TPSA) is 52.5 Å². The molecule has 2 aliphatic heterocycles. The third-order valence-corrected chi connectivity index (χ3v) is 6.31. The smallest absolute Gasteiger partial charge is 0.416 e. The van der Waals surface area contributed by atoms with E-state index in [-0.39, 0.29) is 17.3 Å². The van der Waals surface area contributed by atoms with Crippen molar-refractivity contribution in [2.45, 2.75) is 38.4 Å². The fraction of sp³-hybridized carbons (Fsp3) is 0.524. The monoisotopic (exact) mass is 442 g/mol. The first-order chi connectivity index (χ1) is 14.7. The number of rotatable bonds is 4. The average molecular weight is 442 g/mol. The number of hydrogen-bond acceptors (Lipinski definition) is 5. The molecule has 168 valence electrons. The number of anilines is 1. The van der Waals surface area contributed by atoms with Gasteiger partial charge in [0.2, 0.25) is 0 Å². The molecular weight excluding hydrogens is 419 g/mol. The van der Waals surface area contributed by atoms with Crippen molar-refractivity contribution >= 4 is 5.82 Å². The van der Waals surface area contributed by atoms with Gasteiger partial charge in [-0.2, -0.15) is 13.2 Å². The van der Waals surface area contributed by atoms with E-state index in [9.17, 15) is 27.1 Å². The van der Waals surface area contributed by atoms with Crippen LogP contribution in [0.1, 0.15) is 37.3 Å². The van der Waals surface area contributed by atoms with Gasteiger partial charge in [0.05, 0.1) is 5.56 Å². The van der Waals surface area contributed by atoms with Crippen molar-refractivity contribution in [2.24, 2.45) is 5.92 Å². The zero-order valence-corrected chi connectivity index (χ0v) is 16.9. The van der Waals surface area contributed by atoms with Crippen LogP contribution in [0.3, 0.4) is 0 Å². The number of hydrogen-bond donors (Lipinski definition) is 1. The summed E-state index contributed by atoms with van der Waals surface area (Å²) in [4.78, 5) is 4.32. The van der Waals surface area contributed by atoms with Gasteiger partial charge in [-0.25, -0.2) is 8.78 Å². The molecule has 2 aliphatic rings. The number of phenols is 1. The normalized spacial score (nSPS) is 22.2. The highest BCUT2D eigenvalue weighted by molar-refractivity contribution is 5.71. The maximum Gasteiger partial charge on any atom is 0.416 e. The Balaban J connectivity index is 1.68. The SMILES string of the molecule is CCN1CC[C@H]2CCN(c3cc(C(F)F)c(-c4ccc(C(F)(F)F)cc4O)nn3)[C@H]2C1. The molecule has 0 radical (unpaired) electrons. The van der Waals surface area contributed by atoms with Gasteiger partial charge in [0.25, 0.3) is 6.43 Å². The summed E-state index contributed by atoms with van der Waals surface area (Å²) in [5.74, 6) is 0.0278. The van der Waals surface area contributed by atoms with Crippen LogP contribution in [0.2, 0.25) is 0 Å². The van der Waals surface area contributed by atoms with Crippen molar-refractivity contribution in [3.8, 4) is 17.0 Å². The summed E-state index contributed by atoms with van der Waals surface area (Å²) >= 11 is 0. The van der Waals surface area contributed by atoms with E-state index in [1.807, 2.05) is 4.90 Å². The molecule has 0 bridgehead atoms. The molecule has 1 N–H and O–H groups in total. The number of likely N-dealkylation sites (N-methyl/N-ethyl adjacent to an activating group) is 1. The van der Waals surface area contributed by atoms with E-state index in [1.54, 1.807) is 0 Å². The molecule has 3 heterocycles. The number of halogens is 5.